The molecule has 7 heteroatoms. The molecule has 0 aromatic heterocycles. The van der Waals surface area contributed by atoms with Gasteiger partial charge in [0.1, 0.15) is 5.60 Å². The Kier molecular flexibility index (Phi) is 5.89. The SMILES string of the molecule is CC(C)(C)NC(=O)OC(C)(C)CC1CCC(S(N)(=O)=O)CC1. The van der Waals surface area contributed by atoms with Gasteiger partial charge in [0, 0.05) is 5.54 Å². The largest absolute Gasteiger partial charge is 0.444 e. The highest BCUT2D eigenvalue weighted by atomic mass is 32.2. The molecule has 0 aromatic carbocycles. The van der Waals surface area contributed by atoms with Crippen molar-refractivity contribution in [2.24, 2.45) is 11.1 Å². The average molecular weight is 334 g/mol. The Morgan fingerprint density at radius 3 is 2.05 bits per heavy atom. The zero-order valence-corrected chi connectivity index (χ0v) is 15.1. The first-order valence-corrected chi connectivity index (χ1v) is 9.42. The molecule has 0 unspecified atom stereocenters. The predicted octanol–water partition coefficient (Wildman–Crippen LogP) is 2.53. The number of ether oxygens (including phenoxy) is 1. The Morgan fingerprint density at radius 1 is 1.14 bits per heavy atom. The summed E-state index contributed by atoms with van der Waals surface area (Å²) in [6, 6.07) is 0. The van der Waals surface area contributed by atoms with Crippen LogP contribution in [-0.2, 0) is 14.8 Å². The van der Waals surface area contributed by atoms with Crippen LogP contribution in [0.5, 0.6) is 0 Å². The molecular formula is C15H30N2O4S. The molecular weight excluding hydrogens is 304 g/mol. The van der Waals surface area contributed by atoms with Gasteiger partial charge in [-0.1, -0.05) is 0 Å². The van der Waals surface area contributed by atoms with Crippen molar-refractivity contribution >= 4 is 16.1 Å². The number of nitrogens with one attached hydrogen (secondary N) is 1. The lowest BCUT2D eigenvalue weighted by Crippen LogP contribution is -2.45. The van der Waals surface area contributed by atoms with Gasteiger partial charge in [-0.25, -0.2) is 18.4 Å². The summed E-state index contributed by atoms with van der Waals surface area (Å²) in [5, 5.41) is 7.57. The Hall–Kier alpha value is -0.820. The van der Waals surface area contributed by atoms with Crippen molar-refractivity contribution in [1.29, 1.82) is 0 Å². The quantitative estimate of drug-likeness (QED) is 0.825. The van der Waals surface area contributed by atoms with E-state index < -0.39 is 27.0 Å². The Morgan fingerprint density at radius 2 is 1.64 bits per heavy atom. The van der Waals surface area contributed by atoms with Crippen LogP contribution in [0.15, 0.2) is 0 Å². The molecule has 0 spiro atoms. The number of amides is 1. The minimum Gasteiger partial charge on any atom is -0.444 e. The summed E-state index contributed by atoms with van der Waals surface area (Å²) >= 11 is 0. The molecule has 130 valence electrons. The molecule has 0 bridgehead atoms. The van der Waals surface area contributed by atoms with E-state index in [0.29, 0.717) is 18.8 Å². The van der Waals surface area contributed by atoms with Crippen molar-refractivity contribution < 1.29 is 17.9 Å². The van der Waals surface area contributed by atoms with Crippen LogP contribution in [0.3, 0.4) is 0 Å². The van der Waals surface area contributed by atoms with E-state index in [0.717, 1.165) is 19.3 Å². The lowest BCUT2D eigenvalue weighted by molar-refractivity contribution is 0.0133. The third-order valence-corrected chi connectivity index (χ3v) is 5.29. The van der Waals surface area contributed by atoms with Crippen LogP contribution in [0, 0.1) is 5.92 Å². The number of rotatable bonds is 4. The first-order chi connectivity index (χ1) is 9.78. The molecule has 1 rings (SSSR count). The van der Waals surface area contributed by atoms with E-state index in [1.54, 1.807) is 0 Å². The van der Waals surface area contributed by atoms with E-state index in [4.69, 9.17) is 9.88 Å². The Balaban J connectivity index is 2.48. The van der Waals surface area contributed by atoms with Gasteiger partial charge >= 0.3 is 6.09 Å². The highest BCUT2D eigenvalue weighted by Gasteiger charge is 2.33. The fourth-order valence-corrected chi connectivity index (χ4v) is 3.91. The second kappa shape index (κ2) is 6.74. The summed E-state index contributed by atoms with van der Waals surface area (Å²) < 4.78 is 28.2. The van der Waals surface area contributed by atoms with Crippen LogP contribution >= 0.6 is 0 Å². The van der Waals surface area contributed by atoms with Crippen LogP contribution in [0.25, 0.3) is 0 Å². The van der Waals surface area contributed by atoms with Gasteiger partial charge in [-0.05, 0) is 72.6 Å². The minimum atomic E-state index is -3.43. The zero-order valence-electron chi connectivity index (χ0n) is 14.3. The molecule has 0 saturated heterocycles. The molecule has 1 aliphatic rings. The van der Waals surface area contributed by atoms with Gasteiger partial charge in [-0.2, -0.15) is 0 Å². The van der Waals surface area contributed by atoms with E-state index in [1.165, 1.54) is 0 Å². The van der Waals surface area contributed by atoms with Gasteiger partial charge in [0.2, 0.25) is 10.0 Å². The summed E-state index contributed by atoms with van der Waals surface area (Å²) in [6.45, 7) is 9.48. The molecule has 22 heavy (non-hydrogen) atoms. The maximum atomic E-state index is 11.9. The Bertz CT molecular complexity index is 486. The summed E-state index contributed by atoms with van der Waals surface area (Å²) in [4.78, 5) is 11.9. The first kappa shape index (κ1) is 19.2. The maximum absolute atomic E-state index is 11.9. The fourth-order valence-electron chi connectivity index (χ4n) is 2.98. The molecule has 3 N–H and O–H groups in total. The third kappa shape index (κ3) is 6.96. The highest BCUT2D eigenvalue weighted by molar-refractivity contribution is 7.89. The molecule has 1 saturated carbocycles. The summed E-state index contributed by atoms with van der Waals surface area (Å²) in [7, 11) is -3.43. The number of alkyl carbamates (subject to hydrolysis) is 1. The molecule has 1 aliphatic carbocycles. The molecule has 1 amide bonds. The maximum Gasteiger partial charge on any atom is 0.408 e. The first-order valence-electron chi connectivity index (χ1n) is 7.81. The fraction of sp³-hybridized carbons (Fsp3) is 0.933. The van der Waals surface area contributed by atoms with Crippen molar-refractivity contribution in [1.82, 2.24) is 5.32 Å². The summed E-state index contributed by atoms with van der Waals surface area (Å²) in [5.74, 6) is 0.357. The van der Waals surface area contributed by atoms with Crippen LogP contribution in [0.2, 0.25) is 0 Å². The lowest BCUT2D eigenvalue weighted by Gasteiger charge is -2.34. The molecule has 0 heterocycles. The number of carbonyl (C=O) groups excluding carboxylic acids is 1. The van der Waals surface area contributed by atoms with Crippen molar-refractivity contribution in [2.45, 2.75) is 83.1 Å². The topological polar surface area (TPSA) is 98.5 Å². The standard InChI is InChI=1S/C15H30N2O4S/c1-14(2,3)17-13(18)21-15(4,5)10-11-6-8-12(9-7-11)22(16,19)20/h11-12H,6-10H2,1-5H3,(H,17,18)(H2,16,19,20). The van der Waals surface area contributed by atoms with E-state index >= 15 is 0 Å². The van der Waals surface area contributed by atoms with Crippen LogP contribution in [-0.4, -0.2) is 30.9 Å². The molecule has 0 aliphatic heterocycles. The average Bonchev–Trinajstić information content (AvgIpc) is 2.23. The van der Waals surface area contributed by atoms with Gasteiger partial charge in [-0.3, -0.25) is 0 Å². The lowest BCUT2D eigenvalue weighted by atomic mass is 9.82. The van der Waals surface area contributed by atoms with Gasteiger partial charge in [-0.15, -0.1) is 0 Å². The number of hydrogen-bond donors (Lipinski definition) is 2. The molecule has 0 aromatic rings. The van der Waals surface area contributed by atoms with Crippen molar-refractivity contribution in [3.8, 4) is 0 Å². The molecule has 1 fully saturated rings. The van der Waals surface area contributed by atoms with Gasteiger partial charge in [0.15, 0.2) is 0 Å². The minimum absolute atomic E-state index is 0.333. The summed E-state index contributed by atoms with van der Waals surface area (Å²) in [6.07, 6.45) is 3.09. The summed E-state index contributed by atoms with van der Waals surface area (Å²) in [5.41, 5.74) is -0.908. The number of primary sulfonamides is 1. The molecule has 0 atom stereocenters. The van der Waals surface area contributed by atoms with Crippen LogP contribution in [0.4, 0.5) is 4.79 Å². The highest BCUT2D eigenvalue weighted by Crippen LogP contribution is 2.34. The van der Waals surface area contributed by atoms with Gasteiger partial charge < -0.3 is 10.1 Å². The monoisotopic (exact) mass is 334 g/mol. The van der Waals surface area contributed by atoms with E-state index in [9.17, 15) is 13.2 Å². The second-order valence-corrected chi connectivity index (χ2v) is 9.80. The van der Waals surface area contributed by atoms with Crippen LogP contribution < -0.4 is 10.5 Å². The van der Waals surface area contributed by atoms with E-state index in [-0.39, 0.29) is 5.54 Å². The van der Waals surface area contributed by atoms with Gasteiger partial charge in [0.05, 0.1) is 5.25 Å². The third-order valence-electron chi connectivity index (χ3n) is 3.88. The molecule has 6 nitrogen and oxygen atoms in total. The smallest absolute Gasteiger partial charge is 0.408 e. The normalized spacial score (nSPS) is 23.9. The van der Waals surface area contributed by atoms with Crippen LogP contribution in [0.1, 0.15) is 66.7 Å². The predicted molar refractivity (Wildman–Crippen MR) is 86.9 cm³/mol. The number of sulfonamides is 1. The second-order valence-electron chi connectivity index (χ2n) is 7.96. The zero-order chi connectivity index (χ0) is 17.2. The van der Waals surface area contributed by atoms with Crippen molar-refractivity contribution in [2.75, 3.05) is 0 Å². The van der Waals surface area contributed by atoms with Crippen molar-refractivity contribution in [3.63, 3.8) is 0 Å². The number of carbonyl (C=O) groups is 1. The Labute approximate surface area is 134 Å². The van der Waals surface area contributed by atoms with Crippen molar-refractivity contribution in [3.05, 3.63) is 0 Å². The number of nitrogens with two attached hydrogens (primary N) is 1. The number of hydrogen-bond acceptors (Lipinski definition) is 4. The van der Waals surface area contributed by atoms with Gasteiger partial charge in [0.25, 0.3) is 0 Å². The molecule has 0 radical (unpaired) electrons. The van der Waals surface area contributed by atoms with E-state index in [1.807, 2.05) is 34.6 Å². The van der Waals surface area contributed by atoms with E-state index in [2.05, 4.69) is 5.32 Å².